The summed E-state index contributed by atoms with van der Waals surface area (Å²) in [6.45, 7) is 0. The SMILES string of the molecule is CN(C)c1c[c]sc1. The molecule has 1 heterocycles. The fraction of sp³-hybridized carbons (Fsp3) is 0.333. The van der Waals surface area contributed by atoms with Gasteiger partial charge in [0.1, 0.15) is 0 Å². The quantitative estimate of drug-likeness (QED) is 0.552. The molecule has 0 aliphatic rings. The highest BCUT2D eigenvalue weighted by Crippen LogP contribution is 2.13. The van der Waals surface area contributed by atoms with Gasteiger partial charge in [-0.3, -0.25) is 0 Å². The summed E-state index contributed by atoms with van der Waals surface area (Å²) in [6, 6.07) is 1.98. The van der Waals surface area contributed by atoms with Gasteiger partial charge in [0.2, 0.25) is 0 Å². The maximum atomic E-state index is 3.01. The van der Waals surface area contributed by atoms with Crippen LogP contribution in [0.5, 0.6) is 0 Å². The molecule has 1 nitrogen and oxygen atoms in total. The van der Waals surface area contributed by atoms with Crippen molar-refractivity contribution >= 4 is 17.0 Å². The summed E-state index contributed by atoms with van der Waals surface area (Å²) >= 11 is 1.60. The fourth-order valence-corrected chi connectivity index (χ4v) is 1.11. The van der Waals surface area contributed by atoms with E-state index in [0.717, 1.165) is 0 Å². The number of nitrogens with zero attached hydrogens (tertiary/aromatic N) is 1. The van der Waals surface area contributed by atoms with Crippen LogP contribution >= 0.6 is 11.3 Å². The largest absolute Gasteiger partial charge is 0.377 e. The minimum Gasteiger partial charge on any atom is -0.377 e. The van der Waals surface area contributed by atoms with Gasteiger partial charge in [-0.2, -0.15) is 0 Å². The van der Waals surface area contributed by atoms with Crippen molar-refractivity contribution in [2.24, 2.45) is 0 Å². The van der Waals surface area contributed by atoms with Gasteiger partial charge >= 0.3 is 0 Å². The highest BCUT2D eigenvalue weighted by molar-refractivity contribution is 7.07. The molecule has 0 bridgehead atoms. The Hall–Kier alpha value is -0.500. The Labute approximate surface area is 53.6 Å². The zero-order valence-corrected chi connectivity index (χ0v) is 5.83. The van der Waals surface area contributed by atoms with E-state index in [0.29, 0.717) is 0 Å². The molecule has 2 heteroatoms. The average Bonchev–Trinajstić information content (AvgIpc) is 2.12. The minimum absolute atomic E-state index is 1.23. The average molecular weight is 126 g/mol. The molecule has 43 valence electrons. The number of hydrogen-bond acceptors (Lipinski definition) is 2. The third-order valence-corrected chi connectivity index (χ3v) is 1.58. The Morgan fingerprint density at radius 2 is 2.38 bits per heavy atom. The van der Waals surface area contributed by atoms with Gasteiger partial charge in [-0.25, -0.2) is 0 Å². The van der Waals surface area contributed by atoms with Crippen molar-refractivity contribution < 1.29 is 0 Å². The number of rotatable bonds is 1. The van der Waals surface area contributed by atoms with E-state index >= 15 is 0 Å². The predicted octanol–water partition coefficient (Wildman–Crippen LogP) is 1.61. The van der Waals surface area contributed by atoms with E-state index in [-0.39, 0.29) is 0 Å². The lowest BCUT2D eigenvalue weighted by Crippen LogP contribution is -2.06. The molecular formula is C6H8NS. The van der Waals surface area contributed by atoms with E-state index < -0.39 is 0 Å². The fourth-order valence-electron chi connectivity index (χ4n) is 0.457. The summed E-state index contributed by atoms with van der Waals surface area (Å²) in [4.78, 5) is 2.06. The van der Waals surface area contributed by atoms with E-state index in [1.165, 1.54) is 5.69 Å². The van der Waals surface area contributed by atoms with Gasteiger partial charge in [0.25, 0.3) is 0 Å². The third-order valence-electron chi connectivity index (χ3n) is 0.971. The van der Waals surface area contributed by atoms with Gasteiger partial charge in [-0.05, 0) is 6.07 Å². The van der Waals surface area contributed by atoms with Gasteiger partial charge in [0.15, 0.2) is 0 Å². The summed E-state index contributed by atoms with van der Waals surface area (Å²) in [5.74, 6) is 0. The van der Waals surface area contributed by atoms with E-state index in [1.807, 2.05) is 20.2 Å². The van der Waals surface area contributed by atoms with Gasteiger partial charge in [0.05, 0.1) is 0 Å². The standard InChI is InChI=1S/C6H8NS/c1-7(2)6-3-4-8-5-6/h3,5H,1-2H3. The van der Waals surface area contributed by atoms with Crippen LogP contribution in [0.3, 0.4) is 0 Å². The Morgan fingerprint density at radius 3 is 2.62 bits per heavy atom. The van der Waals surface area contributed by atoms with Crippen molar-refractivity contribution in [1.82, 2.24) is 0 Å². The van der Waals surface area contributed by atoms with Crippen molar-refractivity contribution in [2.45, 2.75) is 0 Å². The van der Waals surface area contributed by atoms with Crippen LogP contribution in [0.4, 0.5) is 5.69 Å². The normalized spacial score (nSPS) is 9.25. The number of thiophene rings is 1. The van der Waals surface area contributed by atoms with Crippen LogP contribution < -0.4 is 4.90 Å². The molecule has 0 spiro atoms. The molecule has 1 rings (SSSR count). The molecule has 0 N–H and O–H groups in total. The van der Waals surface area contributed by atoms with Crippen molar-refractivity contribution in [3.63, 3.8) is 0 Å². The first-order valence-corrected chi connectivity index (χ1v) is 3.30. The first-order valence-electron chi connectivity index (χ1n) is 2.42. The van der Waals surface area contributed by atoms with Crippen LogP contribution in [0.1, 0.15) is 0 Å². The van der Waals surface area contributed by atoms with Crippen molar-refractivity contribution in [2.75, 3.05) is 19.0 Å². The van der Waals surface area contributed by atoms with Gasteiger partial charge in [-0.15, -0.1) is 11.3 Å². The van der Waals surface area contributed by atoms with E-state index in [2.05, 4.69) is 15.7 Å². The van der Waals surface area contributed by atoms with Gasteiger partial charge in [-0.1, -0.05) is 0 Å². The maximum Gasteiger partial charge on any atom is 0.0476 e. The van der Waals surface area contributed by atoms with Crippen LogP contribution in [-0.4, -0.2) is 14.1 Å². The highest BCUT2D eigenvalue weighted by Gasteiger charge is 1.90. The lowest BCUT2D eigenvalue weighted by molar-refractivity contribution is 1.14. The Bertz CT molecular complexity index is 144. The Morgan fingerprint density at radius 1 is 1.62 bits per heavy atom. The second-order valence-corrected chi connectivity index (χ2v) is 2.52. The van der Waals surface area contributed by atoms with Crippen LogP contribution in [0.2, 0.25) is 0 Å². The molecule has 0 aliphatic heterocycles. The van der Waals surface area contributed by atoms with Crippen LogP contribution in [0.25, 0.3) is 0 Å². The molecule has 0 fully saturated rings. The van der Waals surface area contributed by atoms with Crippen LogP contribution in [-0.2, 0) is 0 Å². The summed E-state index contributed by atoms with van der Waals surface area (Å²) in [5.41, 5.74) is 1.23. The zero-order chi connectivity index (χ0) is 5.98. The summed E-state index contributed by atoms with van der Waals surface area (Å²) in [5, 5.41) is 5.08. The molecular weight excluding hydrogens is 118 g/mol. The van der Waals surface area contributed by atoms with Crippen LogP contribution in [0.15, 0.2) is 11.4 Å². The molecule has 0 aliphatic carbocycles. The van der Waals surface area contributed by atoms with E-state index in [9.17, 15) is 0 Å². The third kappa shape index (κ3) is 1.01. The van der Waals surface area contributed by atoms with Gasteiger partial charge in [0, 0.05) is 30.5 Å². The van der Waals surface area contributed by atoms with Crippen molar-refractivity contribution in [1.29, 1.82) is 0 Å². The summed E-state index contributed by atoms with van der Waals surface area (Å²) < 4.78 is 0. The molecule has 0 atom stereocenters. The van der Waals surface area contributed by atoms with Crippen LogP contribution in [0, 0.1) is 5.38 Å². The molecule has 1 aromatic heterocycles. The number of hydrogen-bond donors (Lipinski definition) is 0. The van der Waals surface area contributed by atoms with E-state index in [4.69, 9.17) is 0 Å². The molecule has 0 saturated heterocycles. The second-order valence-electron chi connectivity index (χ2n) is 1.82. The number of anilines is 1. The maximum absolute atomic E-state index is 3.01. The van der Waals surface area contributed by atoms with Crippen molar-refractivity contribution in [3.05, 3.63) is 16.8 Å². The molecule has 0 amide bonds. The molecule has 1 aromatic rings. The first-order chi connectivity index (χ1) is 3.80. The second kappa shape index (κ2) is 2.18. The van der Waals surface area contributed by atoms with Gasteiger partial charge < -0.3 is 4.90 Å². The minimum atomic E-state index is 1.23. The lowest BCUT2D eigenvalue weighted by atomic mass is 10.5. The summed E-state index contributed by atoms with van der Waals surface area (Å²) in [6.07, 6.45) is 0. The first kappa shape index (κ1) is 5.63. The summed E-state index contributed by atoms with van der Waals surface area (Å²) in [7, 11) is 4.05. The predicted molar refractivity (Wildman–Crippen MR) is 37.5 cm³/mol. The molecule has 0 saturated carbocycles. The molecule has 8 heavy (non-hydrogen) atoms. The Kier molecular flexibility index (Phi) is 1.53. The highest BCUT2D eigenvalue weighted by atomic mass is 32.1. The smallest absolute Gasteiger partial charge is 0.0476 e. The molecule has 1 radical (unpaired) electrons. The Balaban J connectivity index is 2.77. The lowest BCUT2D eigenvalue weighted by Gasteiger charge is -2.06. The molecule has 0 unspecified atom stereocenters. The van der Waals surface area contributed by atoms with E-state index in [1.54, 1.807) is 11.3 Å². The monoisotopic (exact) mass is 126 g/mol. The topological polar surface area (TPSA) is 3.24 Å². The zero-order valence-electron chi connectivity index (χ0n) is 5.01. The van der Waals surface area contributed by atoms with Crippen molar-refractivity contribution in [3.8, 4) is 0 Å². The molecule has 0 aromatic carbocycles.